The minimum atomic E-state index is -0.0703. The maximum Gasteiger partial charge on any atom is 0.226 e. The third kappa shape index (κ3) is 9.17. The van der Waals surface area contributed by atoms with E-state index in [1.807, 2.05) is 199 Å². The molecule has 3 aliphatic carbocycles. The third-order valence-corrected chi connectivity index (χ3v) is 14.1. The number of aliphatic imine (C=N–C) groups is 6. The van der Waals surface area contributed by atoms with E-state index in [2.05, 4.69) is 38.0 Å². The topological polar surface area (TPSA) is 135 Å². The molecule has 6 aromatic rings. The van der Waals surface area contributed by atoms with Crippen molar-refractivity contribution in [3.05, 3.63) is 227 Å². The summed E-state index contributed by atoms with van der Waals surface area (Å²) in [6, 6.07) is 40.2. The lowest BCUT2D eigenvalue weighted by atomic mass is 9.82. The maximum absolute atomic E-state index is 13.3. The quantitative estimate of drug-likeness (QED) is 0.173. The summed E-state index contributed by atoms with van der Waals surface area (Å²) in [6.07, 6.45) is 0. The maximum atomic E-state index is 13.3. The highest BCUT2D eigenvalue weighted by Crippen LogP contribution is 2.42. The van der Waals surface area contributed by atoms with Gasteiger partial charge < -0.3 is 14.7 Å². The molecular weight excluding hydrogens is 990 g/mol. The smallest absolute Gasteiger partial charge is 0.226 e. The number of hydrogen-bond donors (Lipinski definition) is 0. The fraction of sp³-hybridized carbons (Fsp3) is 0.177. The minimum Gasteiger partial charge on any atom is -0.347 e. The number of benzene rings is 6. The minimum absolute atomic E-state index is 0. The molecule has 76 heavy (non-hydrogen) atoms. The third-order valence-electron chi connectivity index (χ3n) is 13.3. The number of guanidine groups is 3. The number of fused-ring (bicyclic) bond motifs is 9. The molecule has 0 bridgehead atoms. The van der Waals surface area contributed by atoms with Gasteiger partial charge in [0.25, 0.3) is 0 Å². The van der Waals surface area contributed by atoms with Crippen LogP contribution in [0.3, 0.4) is 0 Å². The number of carbonyl (C=O) groups excluding carboxylic acids is 3. The molecule has 0 saturated heterocycles. The zero-order valence-electron chi connectivity index (χ0n) is 43.1. The molecule has 0 fully saturated rings. The van der Waals surface area contributed by atoms with Crippen LogP contribution in [0.15, 0.2) is 174 Å². The van der Waals surface area contributed by atoms with Crippen LogP contribution < -0.4 is 0 Å². The summed E-state index contributed by atoms with van der Waals surface area (Å²) in [5, 5.41) is 1.12. The van der Waals surface area contributed by atoms with Crippen LogP contribution in [0, 0.1) is 27.7 Å². The van der Waals surface area contributed by atoms with Crippen LogP contribution >= 0.6 is 23.2 Å². The molecule has 0 radical (unpaired) electrons. The van der Waals surface area contributed by atoms with Crippen LogP contribution in [0.2, 0.25) is 10.0 Å². The highest BCUT2D eigenvalue weighted by molar-refractivity contribution is 6.47. The molecule has 12 rings (SSSR count). The molecule has 0 saturated carbocycles. The summed E-state index contributed by atoms with van der Waals surface area (Å²) in [4.78, 5) is 73.2. The van der Waals surface area contributed by atoms with E-state index < -0.39 is 0 Å². The lowest BCUT2D eigenvalue weighted by molar-refractivity contribution is 0.104. The summed E-state index contributed by atoms with van der Waals surface area (Å²) in [6.45, 7) is 7.98. The van der Waals surface area contributed by atoms with Gasteiger partial charge in [-0.1, -0.05) is 158 Å². The summed E-state index contributed by atoms with van der Waals surface area (Å²) in [5.41, 5.74) is 16.8. The van der Waals surface area contributed by atoms with Crippen molar-refractivity contribution in [1.82, 2.24) is 14.7 Å². The molecule has 6 aliphatic rings. The molecule has 0 N–H and O–H groups in total. The van der Waals surface area contributed by atoms with Crippen molar-refractivity contribution in [2.45, 2.75) is 35.1 Å². The van der Waals surface area contributed by atoms with E-state index in [-0.39, 0.29) is 24.8 Å². The van der Waals surface area contributed by atoms with Crippen molar-refractivity contribution < 1.29 is 14.4 Å². The van der Waals surface area contributed by atoms with E-state index in [0.29, 0.717) is 89.6 Å². The van der Waals surface area contributed by atoms with Gasteiger partial charge in [0.1, 0.15) is 34.2 Å². The number of hydrogen-bond acceptors (Lipinski definition) is 12. The molecule has 380 valence electrons. The Kier molecular flexibility index (Phi) is 14.3. The summed E-state index contributed by atoms with van der Waals surface area (Å²) in [7, 11) is 11.3. The number of halogens is 2. The van der Waals surface area contributed by atoms with Crippen LogP contribution in [-0.2, 0) is 0 Å². The molecule has 0 amide bonds. The lowest BCUT2D eigenvalue weighted by Gasteiger charge is -2.20. The fourth-order valence-corrected chi connectivity index (χ4v) is 10.1. The molecule has 3 aliphatic heterocycles. The second kappa shape index (κ2) is 20.7. The Morgan fingerprint density at radius 1 is 0.355 bits per heavy atom. The van der Waals surface area contributed by atoms with Gasteiger partial charge in [-0.05, 0) is 56.0 Å². The van der Waals surface area contributed by atoms with Crippen molar-refractivity contribution in [3.63, 3.8) is 0 Å². The average Bonchev–Trinajstić information content (AvgIpc) is 4.16. The Bertz CT molecular complexity index is 3660. The van der Waals surface area contributed by atoms with Gasteiger partial charge in [-0.3, -0.25) is 14.4 Å². The van der Waals surface area contributed by atoms with E-state index in [4.69, 9.17) is 28.2 Å². The summed E-state index contributed by atoms with van der Waals surface area (Å²) < 4.78 is 0. The standard InChI is InChI=1S/C21H19N3O.2C20H16ClN3O.CH4/c1-12-9-10-14(13(2)11-12)17-19-18(22-21(23-19)24(3)4)15-7-5-6-8-16(15)20(17)25;1-11-7-6-10-14(16(11)21)15-18-17(22-20(23-18)24(2)3)12-8-4-5-9-13(12)19(15)25;1-11-8-9-14(15(21)10-11)16-18-17(22-20(23-18)24(2)3)12-6-4-5-7-13(12)19(16)25;/h5-11H,1-4H3;2*4-10H,1-3H3;1H4. The number of allylic oxidation sites excluding steroid dienone is 6. The Hall–Kier alpha value is -8.45. The van der Waals surface area contributed by atoms with Gasteiger partial charge in [0.2, 0.25) is 17.9 Å². The Balaban J connectivity index is 0.000000138. The number of rotatable bonds is 3. The highest BCUT2D eigenvalue weighted by atomic mass is 35.5. The monoisotopic (exact) mass is 1040 g/mol. The molecule has 0 atom stereocenters. The van der Waals surface area contributed by atoms with Crippen molar-refractivity contribution in [3.8, 4) is 0 Å². The van der Waals surface area contributed by atoms with Gasteiger partial charge in [-0.2, -0.15) is 0 Å². The van der Waals surface area contributed by atoms with Crippen molar-refractivity contribution in [2.75, 3.05) is 42.3 Å². The zero-order chi connectivity index (χ0) is 53.1. The van der Waals surface area contributed by atoms with Crippen LogP contribution in [-0.4, -0.2) is 109 Å². The van der Waals surface area contributed by atoms with E-state index in [1.165, 1.54) is 5.56 Å². The number of Topliss-reactive ketones (excluding diaryl/α,β-unsaturated/α-hetero) is 3. The summed E-state index contributed by atoms with van der Waals surface area (Å²) >= 11 is 13.0. The van der Waals surface area contributed by atoms with Gasteiger partial charge in [-0.15, -0.1) is 0 Å². The van der Waals surface area contributed by atoms with Gasteiger partial charge in [0, 0.05) is 91.8 Å². The van der Waals surface area contributed by atoms with Gasteiger partial charge in [-0.25, -0.2) is 30.0 Å². The van der Waals surface area contributed by atoms with Gasteiger partial charge in [0.15, 0.2) is 17.3 Å². The predicted molar refractivity (Wildman–Crippen MR) is 311 cm³/mol. The van der Waals surface area contributed by atoms with Crippen LogP contribution in [0.1, 0.15) is 94.1 Å². The first kappa shape index (κ1) is 52.4. The number of carbonyl (C=O) groups is 3. The molecule has 6 aromatic carbocycles. The van der Waals surface area contributed by atoms with E-state index in [9.17, 15) is 14.4 Å². The molecule has 14 heteroatoms. The second-order valence-electron chi connectivity index (χ2n) is 19.3. The largest absolute Gasteiger partial charge is 0.347 e. The highest BCUT2D eigenvalue weighted by Gasteiger charge is 2.38. The van der Waals surface area contributed by atoms with Crippen LogP contribution in [0.4, 0.5) is 0 Å². The number of ketones is 3. The number of nitrogens with zero attached hydrogens (tertiary/aromatic N) is 9. The van der Waals surface area contributed by atoms with Crippen molar-refractivity contribution in [1.29, 1.82) is 0 Å². The molecule has 12 nitrogen and oxygen atoms in total. The second-order valence-corrected chi connectivity index (χ2v) is 20.1. The average molecular weight is 1050 g/mol. The van der Waals surface area contributed by atoms with Gasteiger partial charge >= 0.3 is 0 Å². The Morgan fingerprint density at radius 3 is 1.08 bits per heavy atom. The lowest BCUT2D eigenvalue weighted by Crippen LogP contribution is -2.20. The molecule has 0 unspecified atom stereocenters. The molecular formula is C62H55Cl2N9O3. The summed E-state index contributed by atoms with van der Waals surface area (Å²) in [5.74, 6) is 1.66. The normalized spacial score (nSPS) is 15.4. The Labute approximate surface area is 453 Å². The van der Waals surface area contributed by atoms with E-state index >= 15 is 0 Å². The van der Waals surface area contributed by atoms with E-state index in [1.54, 1.807) is 0 Å². The van der Waals surface area contributed by atoms with E-state index in [0.717, 1.165) is 56.1 Å². The molecule has 0 aromatic heterocycles. The molecule has 3 heterocycles. The van der Waals surface area contributed by atoms with Crippen molar-refractivity contribution in [2.24, 2.45) is 30.0 Å². The first-order valence-electron chi connectivity index (χ1n) is 24.2. The zero-order valence-corrected chi connectivity index (χ0v) is 44.6. The molecule has 0 spiro atoms. The predicted octanol–water partition coefficient (Wildman–Crippen LogP) is 12.2. The van der Waals surface area contributed by atoms with Crippen LogP contribution in [0.25, 0.3) is 16.7 Å². The van der Waals surface area contributed by atoms with Crippen molar-refractivity contribution >= 4 is 92.3 Å². The number of aryl methyl sites for hydroxylation is 4. The first-order valence-corrected chi connectivity index (χ1v) is 25.0. The first-order chi connectivity index (χ1) is 35.9. The van der Waals surface area contributed by atoms with Crippen LogP contribution in [0.5, 0.6) is 0 Å². The SMILES string of the molecule is C.Cc1ccc(C2=C3N=C(N(C)C)N=C3c3ccccc3C2=O)c(C)c1.Cc1ccc(C2=C3N=C(N(C)C)N=C3c3ccccc3C2=O)c(Cl)c1.Cc1cccc(C2=C3N=C(N(C)C)N=C3c3ccccc3C2=O)c1Cl. The Morgan fingerprint density at radius 2 is 0.697 bits per heavy atom. The fourth-order valence-electron chi connectivity index (χ4n) is 9.58. The van der Waals surface area contributed by atoms with Gasteiger partial charge in [0.05, 0.1) is 21.7 Å².